The van der Waals surface area contributed by atoms with Crippen LogP contribution in [0.1, 0.15) is 57.6 Å². The third-order valence-corrected chi connectivity index (χ3v) is 5.47. The maximum atomic E-state index is 12.6. The van der Waals surface area contributed by atoms with E-state index in [9.17, 15) is 4.79 Å². The maximum Gasteiger partial charge on any atom is 0.225 e. The molecule has 1 aliphatic carbocycles. The smallest absolute Gasteiger partial charge is 0.225 e. The number of amides is 1. The van der Waals surface area contributed by atoms with Crippen molar-refractivity contribution < 1.29 is 9.53 Å². The molecule has 1 amide bonds. The highest BCUT2D eigenvalue weighted by atomic mass is 16.5. The molecule has 1 saturated heterocycles. The molecule has 1 saturated carbocycles. The van der Waals surface area contributed by atoms with Crippen molar-refractivity contribution in [3.8, 4) is 5.88 Å². The van der Waals surface area contributed by atoms with E-state index in [4.69, 9.17) is 4.74 Å². The summed E-state index contributed by atoms with van der Waals surface area (Å²) in [5, 5.41) is 0. The second kappa shape index (κ2) is 8.00. The fraction of sp³-hybridized carbons (Fsp3) is 0.700. The zero-order valence-electron chi connectivity index (χ0n) is 15.0. The Balaban J connectivity index is 1.39. The van der Waals surface area contributed by atoms with Crippen LogP contribution in [0.25, 0.3) is 0 Å². The number of pyridine rings is 1. The van der Waals surface area contributed by atoms with Crippen molar-refractivity contribution in [2.45, 2.75) is 64.9 Å². The molecule has 0 unspecified atom stereocenters. The standard InChI is InChI=1S/C20H30N2O2/c1-3-4-7-16-9-11-17(12-10-16)20(23)22-13-18(14-22)24-19-8-5-6-15(2)21-19/h5-6,8,16-18H,3-4,7,9-14H2,1-2H3. The van der Waals surface area contributed by atoms with Crippen LogP contribution in [0.4, 0.5) is 0 Å². The van der Waals surface area contributed by atoms with E-state index < -0.39 is 0 Å². The molecular formula is C20H30N2O2. The summed E-state index contributed by atoms with van der Waals surface area (Å²) in [7, 11) is 0. The number of hydrogen-bond donors (Lipinski definition) is 0. The van der Waals surface area contributed by atoms with Crippen LogP contribution in [0.15, 0.2) is 18.2 Å². The molecule has 1 aromatic rings. The van der Waals surface area contributed by atoms with E-state index in [0.29, 0.717) is 24.9 Å². The molecule has 1 aliphatic heterocycles. The fourth-order valence-electron chi connectivity index (χ4n) is 3.90. The Morgan fingerprint density at radius 1 is 1.25 bits per heavy atom. The first-order valence-corrected chi connectivity index (χ1v) is 9.54. The Bertz CT molecular complexity index is 546. The minimum absolute atomic E-state index is 0.101. The highest BCUT2D eigenvalue weighted by molar-refractivity contribution is 5.79. The maximum absolute atomic E-state index is 12.6. The number of aryl methyl sites for hydroxylation is 1. The van der Waals surface area contributed by atoms with Crippen LogP contribution < -0.4 is 4.74 Å². The number of aromatic nitrogens is 1. The van der Waals surface area contributed by atoms with Crippen LogP contribution >= 0.6 is 0 Å². The Morgan fingerprint density at radius 3 is 2.67 bits per heavy atom. The molecular weight excluding hydrogens is 300 g/mol. The van der Waals surface area contributed by atoms with E-state index in [0.717, 1.165) is 24.5 Å². The average Bonchev–Trinajstić information content (AvgIpc) is 2.56. The lowest BCUT2D eigenvalue weighted by Crippen LogP contribution is -2.57. The number of unbranched alkanes of at least 4 members (excludes halogenated alkanes) is 1. The molecule has 0 atom stereocenters. The van der Waals surface area contributed by atoms with Gasteiger partial charge >= 0.3 is 0 Å². The molecule has 3 rings (SSSR count). The molecule has 2 aliphatic rings. The molecule has 0 spiro atoms. The first-order valence-electron chi connectivity index (χ1n) is 9.54. The zero-order valence-corrected chi connectivity index (χ0v) is 15.0. The van der Waals surface area contributed by atoms with Gasteiger partial charge in [-0.3, -0.25) is 4.79 Å². The lowest BCUT2D eigenvalue weighted by molar-refractivity contribution is -0.146. The number of carbonyl (C=O) groups is 1. The van der Waals surface area contributed by atoms with Gasteiger partial charge in [0.05, 0.1) is 13.1 Å². The third kappa shape index (κ3) is 4.28. The van der Waals surface area contributed by atoms with E-state index in [1.54, 1.807) is 0 Å². The summed E-state index contributed by atoms with van der Waals surface area (Å²) in [6.07, 6.45) is 8.69. The largest absolute Gasteiger partial charge is 0.471 e. The second-order valence-electron chi connectivity index (χ2n) is 7.46. The van der Waals surface area contributed by atoms with Gasteiger partial charge in [0, 0.05) is 17.7 Å². The number of hydrogen-bond acceptors (Lipinski definition) is 3. The summed E-state index contributed by atoms with van der Waals surface area (Å²) in [6, 6.07) is 5.80. The monoisotopic (exact) mass is 330 g/mol. The van der Waals surface area contributed by atoms with Crippen LogP contribution in [0.3, 0.4) is 0 Å². The van der Waals surface area contributed by atoms with Gasteiger partial charge in [0.15, 0.2) is 0 Å². The van der Waals surface area contributed by atoms with E-state index in [2.05, 4.69) is 11.9 Å². The summed E-state index contributed by atoms with van der Waals surface area (Å²) in [4.78, 5) is 18.9. The molecule has 24 heavy (non-hydrogen) atoms. The van der Waals surface area contributed by atoms with E-state index in [1.807, 2.05) is 30.0 Å². The van der Waals surface area contributed by atoms with Gasteiger partial charge in [-0.25, -0.2) is 4.98 Å². The fourth-order valence-corrected chi connectivity index (χ4v) is 3.90. The predicted octanol–water partition coefficient (Wildman–Crippen LogP) is 3.98. The molecule has 2 fully saturated rings. The summed E-state index contributed by atoms with van der Waals surface area (Å²) >= 11 is 0. The van der Waals surface area contributed by atoms with Crippen LogP contribution in [-0.2, 0) is 4.79 Å². The van der Waals surface area contributed by atoms with Gasteiger partial charge in [0.2, 0.25) is 11.8 Å². The molecule has 0 radical (unpaired) electrons. The SMILES string of the molecule is CCCCC1CCC(C(=O)N2CC(Oc3cccc(C)n3)C2)CC1. The number of rotatable bonds is 6. The molecule has 4 nitrogen and oxygen atoms in total. The van der Waals surface area contributed by atoms with Crippen molar-refractivity contribution in [3.63, 3.8) is 0 Å². The van der Waals surface area contributed by atoms with Gasteiger partial charge in [-0.1, -0.05) is 32.3 Å². The predicted molar refractivity (Wildman–Crippen MR) is 94.9 cm³/mol. The van der Waals surface area contributed by atoms with E-state index in [-0.39, 0.29) is 12.0 Å². The van der Waals surface area contributed by atoms with Crippen molar-refractivity contribution >= 4 is 5.91 Å². The molecule has 2 heterocycles. The number of carbonyl (C=O) groups excluding carboxylic acids is 1. The summed E-state index contributed by atoms with van der Waals surface area (Å²) in [5.74, 6) is 2.12. The molecule has 0 aromatic carbocycles. The molecule has 1 aromatic heterocycles. The van der Waals surface area contributed by atoms with Crippen molar-refractivity contribution in [1.82, 2.24) is 9.88 Å². The van der Waals surface area contributed by atoms with E-state index in [1.165, 1.54) is 32.1 Å². The quantitative estimate of drug-likeness (QED) is 0.792. The van der Waals surface area contributed by atoms with Crippen LogP contribution in [0, 0.1) is 18.8 Å². The van der Waals surface area contributed by atoms with Crippen molar-refractivity contribution in [3.05, 3.63) is 23.9 Å². The van der Waals surface area contributed by atoms with Crippen LogP contribution in [-0.4, -0.2) is 35.0 Å². The molecule has 0 N–H and O–H groups in total. The van der Waals surface area contributed by atoms with Gasteiger partial charge in [-0.2, -0.15) is 0 Å². The Morgan fingerprint density at radius 2 is 2.00 bits per heavy atom. The Hall–Kier alpha value is -1.58. The number of likely N-dealkylation sites (tertiary alicyclic amines) is 1. The summed E-state index contributed by atoms with van der Waals surface area (Å²) in [5.41, 5.74) is 0.958. The van der Waals surface area contributed by atoms with Gasteiger partial charge in [-0.15, -0.1) is 0 Å². The van der Waals surface area contributed by atoms with Gasteiger partial charge in [-0.05, 0) is 44.6 Å². The van der Waals surface area contributed by atoms with Gasteiger partial charge < -0.3 is 9.64 Å². The molecule has 0 bridgehead atoms. The average molecular weight is 330 g/mol. The third-order valence-electron chi connectivity index (χ3n) is 5.47. The topological polar surface area (TPSA) is 42.4 Å². The zero-order chi connectivity index (χ0) is 16.9. The second-order valence-corrected chi connectivity index (χ2v) is 7.46. The van der Waals surface area contributed by atoms with Crippen molar-refractivity contribution in [1.29, 1.82) is 0 Å². The normalized spacial score (nSPS) is 24.5. The summed E-state index contributed by atoms with van der Waals surface area (Å²) < 4.78 is 5.86. The highest BCUT2D eigenvalue weighted by Crippen LogP contribution is 2.33. The molecule has 132 valence electrons. The lowest BCUT2D eigenvalue weighted by Gasteiger charge is -2.41. The van der Waals surface area contributed by atoms with Gasteiger partial charge in [0.25, 0.3) is 0 Å². The number of ether oxygens (including phenoxy) is 1. The van der Waals surface area contributed by atoms with Crippen LogP contribution in [0.5, 0.6) is 5.88 Å². The first-order chi connectivity index (χ1) is 11.7. The van der Waals surface area contributed by atoms with Crippen molar-refractivity contribution in [2.75, 3.05) is 13.1 Å². The lowest BCUT2D eigenvalue weighted by atomic mass is 9.79. The van der Waals surface area contributed by atoms with E-state index >= 15 is 0 Å². The highest BCUT2D eigenvalue weighted by Gasteiger charge is 2.37. The first kappa shape index (κ1) is 17.2. The molecule has 4 heteroatoms. The Kier molecular flexibility index (Phi) is 5.75. The minimum Gasteiger partial charge on any atom is -0.471 e. The Labute approximate surface area is 145 Å². The van der Waals surface area contributed by atoms with Crippen molar-refractivity contribution in [2.24, 2.45) is 11.8 Å². The van der Waals surface area contributed by atoms with Crippen LogP contribution in [0.2, 0.25) is 0 Å². The van der Waals surface area contributed by atoms with Gasteiger partial charge in [0.1, 0.15) is 6.10 Å². The summed E-state index contributed by atoms with van der Waals surface area (Å²) in [6.45, 7) is 5.64. The minimum atomic E-state index is 0.101. The number of nitrogens with zero attached hydrogens (tertiary/aromatic N) is 2.